The molecule has 1 N–H and O–H groups in total. The summed E-state index contributed by atoms with van der Waals surface area (Å²) in [5.41, 5.74) is 0. The topological polar surface area (TPSA) is 46.4 Å². The molecule has 1 amide bonds. The Morgan fingerprint density at radius 1 is 1.50 bits per heavy atom. The number of carbonyl (C=O) groups is 1. The van der Waals surface area contributed by atoms with E-state index in [0.29, 0.717) is 0 Å². The van der Waals surface area contributed by atoms with E-state index in [4.69, 9.17) is 0 Å². The van der Waals surface area contributed by atoms with Gasteiger partial charge in [-0.1, -0.05) is 0 Å². The highest BCUT2D eigenvalue weighted by atomic mass is 16.1. The van der Waals surface area contributed by atoms with Crippen LogP contribution in [0.4, 0.5) is 0 Å². The Morgan fingerprint density at radius 2 is 2.08 bits per heavy atom. The molecular weight excluding hydrogens is 154 g/mol. The van der Waals surface area contributed by atoms with Crippen molar-refractivity contribution in [2.45, 2.75) is 20.0 Å². The minimum absolute atomic E-state index is 0.0324. The van der Waals surface area contributed by atoms with E-state index in [0.717, 1.165) is 26.2 Å². The minimum Gasteiger partial charge on any atom is -0.341 e. The summed E-state index contributed by atoms with van der Waals surface area (Å²) < 4.78 is 0. The van der Waals surface area contributed by atoms with E-state index >= 15 is 0 Å². The monoisotopic (exact) mass is 170 g/mol. The third kappa shape index (κ3) is 2.79. The molecule has 1 fully saturated rings. The van der Waals surface area contributed by atoms with Gasteiger partial charge < -0.3 is 5.32 Å². The number of carbonyl (C=O) groups excluding carboxylic acids is 1. The van der Waals surface area contributed by atoms with Crippen molar-refractivity contribution in [1.29, 1.82) is 0 Å². The maximum Gasteiger partial charge on any atom is 0.218 e. The summed E-state index contributed by atoms with van der Waals surface area (Å²) in [6, 6.07) is 0. The molecule has 4 heteroatoms. The van der Waals surface area contributed by atoms with Crippen molar-refractivity contribution in [3.05, 3.63) is 0 Å². The van der Waals surface area contributed by atoms with Crippen LogP contribution in [0.2, 0.25) is 0 Å². The second-order valence-corrected chi connectivity index (χ2v) is 3.08. The predicted molar refractivity (Wildman–Crippen MR) is 46.7 cm³/mol. The SMILES string of the molecule is CC(=O)NC(C)N1CC[N]CC1. The molecule has 1 saturated heterocycles. The van der Waals surface area contributed by atoms with E-state index < -0.39 is 0 Å². The smallest absolute Gasteiger partial charge is 0.218 e. The maximum absolute atomic E-state index is 10.7. The molecule has 0 spiro atoms. The standard InChI is InChI=1S/C8H16N3O/c1-7(10-8(2)12)11-5-3-9-4-6-11/h7H,3-6H2,1-2H3,(H,10,12). The summed E-state index contributed by atoms with van der Waals surface area (Å²) in [6.07, 6.45) is 0.151. The van der Waals surface area contributed by atoms with Gasteiger partial charge in [-0.3, -0.25) is 9.69 Å². The summed E-state index contributed by atoms with van der Waals surface area (Å²) in [7, 11) is 0. The third-order valence-electron chi connectivity index (χ3n) is 2.05. The van der Waals surface area contributed by atoms with Crippen molar-refractivity contribution in [2.75, 3.05) is 26.2 Å². The van der Waals surface area contributed by atoms with Crippen LogP contribution in [0, 0.1) is 0 Å². The molecule has 69 valence electrons. The molecule has 1 unspecified atom stereocenters. The van der Waals surface area contributed by atoms with Gasteiger partial charge in [-0.05, 0) is 6.92 Å². The van der Waals surface area contributed by atoms with Gasteiger partial charge in [0.1, 0.15) is 0 Å². The number of amides is 1. The number of rotatable bonds is 2. The van der Waals surface area contributed by atoms with E-state index in [1.807, 2.05) is 6.92 Å². The van der Waals surface area contributed by atoms with Crippen molar-refractivity contribution in [3.8, 4) is 0 Å². The zero-order chi connectivity index (χ0) is 8.97. The van der Waals surface area contributed by atoms with E-state index in [-0.39, 0.29) is 12.1 Å². The fourth-order valence-electron chi connectivity index (χ4n) is 1.39. The molecule has 1 aliphatic heterocycles. The molecule has 12 heavy (non-hydrogen) atoms. The van der Waals surface area contributed by atoms with Crippen molar-refractivity contribution < 1.29 is 4.79 Å². The van der Waals surface area contributed by atoms with Crippen LogP contribution >= 0.6 is 0 Å². The Balaban J connectivity index is 2.29. The highest BCUT2D eigenvalue weighted by Crippen LogP contribution is 1.97. The lowest BCUT2D eigenvalue weighted by Gasteiger charge is -2.32. The molecular formula is C8H16N3O. The average Bonchev–Trinajstić information content (AvgIpc) is 2.05. The molecule has 0 aromatic rings. The quantitative estimate of drug-likeness (QED) is 0.601. The fourth-order valence-corrected chi connectivity index (χ4v) is 1.39. The van der Waals surface area contributed by atoms with Gasteiger partial charge in [0.15, 0.2) is 0 Å². The van der Waals surface area contributed by atoms with E-state index in [1.165, 1.54) is 0 Å². The average molecular weight is 170 g/mol. The van der Waals surface area contributed by atoms with Gasteiger partial charge in [0, 0.05) is 33.1 Å². The molecule has 0 aromatic heterocycles. The largest absolute Gasteiger partial charge is 0.341 e. The molecule has 0 bridgehead atoms. The van der Waals surface area contributed by atoms with Gasteiger partial charge in [0.05, 0.1) is 6.17 Å². The Labute approximate surface area is 73.3 Å². The zero-order valence-electron chi connectivity index (χ0n) is 7.71. The molecule has 0 aromatic carbocycles. The minimum atomic E-state index is 0.0324. The van der Waals surface area contributed by atoms with Gasteiger partial charge in [-0.25, -0.2) is 5.32 Å². The van der Waals surface area contributed by atoms with Crippen LogP contribution in [-0.2, 0) is 4.79 Å². The summed E-state index contributed by atoms with van der Waals surface area (Å²) in [4.78, 5) is 13.0. The Hall–Kier alpha value is -0.610. The summed E-state index contributed by atoms with van der Waals surface area (Å²) in [5, 5.41) is 7.09. The van der Waals surface area contributed by atoms with E-state index in [2.05, 4.69) is 15.5 Å². The van der Waals surface area contributed by atoms with Crippen LogP contribution < -0.4 is 10.6 Å². The molecule has 0 saturated carbocycles. The molecule has 1 heterocycles. The molecule has 1 rings (SSSR count). The lowest BCUT2D eigenvalue weighted by atomic mass is 10.3. The Bertz CT molecular complexity index is 154. The lowest BCUT2D eigenvalue weighted by molar-refractivity contribution is -0.120. The van der Waals surface area contributed by atoms with Crippen LogP contribution in [0.15, 0.2) is 0 Å². The molecule has 1 radical (unpaired) electrons. The van der Waals surface area contributed by atoms with Gasteiger partial charge in [0.25, 0.3) is 0 Å². The summed E-state index contributed by atoms with van der Waals surface area (Å²) in [6.45, 7) is 7.26. The highest BCUT2D eigenvalue weighted by Gasteiger charge is 2.16. The number of piperazine rings is 1. The second-order valence-electron chi connectivity index (χ2n) is 3.08. The molecule has 1 atom stereocenters. The van der Waals surface area contributed by atoms with Crippen molar-refractivity contribution >= 4 is 5.91 Å². The number of nitrogens with one attached hydrogen (secondary N) is 1. The fraction of sp³-hybridized carbons (Fsp3) is 0.875. The first-order valence-corrected chi connectivity index (χ1v) is 4.34. The van der Waals surface area contributed by atoms with Gasteiger partial charge in [-0.2, -0.15) is 0 Å². The van der Waals surface area contributed by atoms with Crippen LogP contribution in [0.1, 0.15) is 13.8 Å². The first kappa shape index (κ1) is 9.48. The van der Waals surface area contributed by atoms with Crippen LogP contribution in [0.25, 0.3) is 0 Å². The van der Waals surface area contributed by atoms with Gasteiger partial charge in [-0.15, -0.1) is 0 Å². The van der Waals surface area contributed by atoms with Crippen LogP contribution in [-0.4, -0.2) is 43.2 Å². The number of hydrogen-bond donors (Lipinski definition) is 1. The third-order valence-corrected chi connectivity index (χ3v) is 2.05. The van der Waals surface area contributed by atoms with E-state index in [1.54, 1.807) is 6.92 Å². The van der Waals surface area contributed by atoms with Crippen molar-refractivity contribution in [2.24, 2.45) is 0 Å². The lowest BCUT2D eigenvalue weighted by Crippen LogP contribution is -2.51. The van der Waals surface area contributed by atoms with Gasteiger partial charge >= 0.3 is 0 Å². The number of nitrogens with zero attached hydrogens (tertiary/aromatic N) is 2. The first-order valence-electron chi connectivity index (χ1n) is 4.34. The van der Waals surface area contributed by atoms with E-state index in [9.17, 15) is 4.79 Å². The highest BCUT2D eigenvalue weighted by molar-refractivity contribution is 5.73. The molecule has 0 aliphatic carbocycles. The van der Waals surface area contributed by atoms with Crippen LogP contribution in [0.5, 0.6) is 0 Å². The Kier molecular flexibility index (Phi) is 3.49. The summed E-state index contributed by atoms with van der Waals surface area (Å²) >= 11 is 0. The van der Waals surface area contributed by atoms with Crippen LogP contribution in [0.3, 0.4) is 0 Å². The molecule has 4 nitrogen and oxygen atoms in total. The van der Waals surface area contributed by atoms with Crippen molar-refractivity contribution in [1.82, 2.24) is 15.5 Å². The second kappa shape index (κ2) is 4.42. The maximum atomic E-state index is 10.7. The molecule has 1 aliphatic rings. The predicted octanol–water partition coefficient (Wildman–Crippen LogP) is -0.611. The van der Waals surface area contributed by atoms with Crippen molar-refractivity contribution in [3.63, 3.8) is 0 Å². The zero-order valence-corrected chi connectivity index (χ0v) is 7.71. The number of hydrogen-bond acceptors (Lipinski definition) is 2. The Morgan fingerprint density at radius 3 is 2.58 bits per heavy atom. The van der Waals surface area contributed by atoms with Gasteiger partial charge in [0.2, 0.25) is 5.91 Å². The summed E-state index contributed by atoms with van der Waals surface area (Å²) in [5.74, 6) is 0.0324. The normalized spacial score (nSPS) is 21.8. The first-order chi connectivity index (χ1) is 5.70.